The van der Waals surface area contributed by atoms with E-state index in [0.29, 0.717) is 24.5 Å². The number of aromatic hydroxyl groups is 1. The lowest BCUT2D eigenvalue weighted by atomic mass is 10.1. The molecule has 1 aromatic carbocycles. The number of rotatable bonds is 5. The van der Waals surface area contributed by atoms with Crippen molar-refractivity contribution in [1.82, 2.24) is 5.32 Å². The summed E-state index contributed by atoms with van der Waals surface area (Å²) in [6.07, 6.45) is 2.25. The number of hydrogen-bond acceptors (Lipinski definition) is 6. The number of phenols is 1. The Morgan fingerprint density at radius 3 is 2.77 bits per heavy atom. The first-order valence-corrected chi connectivity index (χ1v) is 8.99. The van der Waals surface area contributed by atoms with Crippen LogP contribution in [0.25, 0.3) is 0 Å². The third-order valence-electron chi connectivity index (χ3n) is 3.78. The molecular formula is C17H18N4O4S. The van der Waals surface area contributed by atoms with Crippen LogP contribution in [-0.2, 0) is 17.7 Å². The van der Waals surface area contributed by atoms with Gasteiger partial charge in [-0.3, -0.25) is 4.79 Å². The van der Waals surface area contributed by atoms with Gasteiger partial charge < -0.3 is 20.2 Å². The van der Waals surface area contributed by atoms with Gasteiger partial charge in [-0.25, -0.2) is 4.21 Å². The van der Waals surface area contributed by atoms with Crippen molar-refractivity contribution in [2.75, 3.05) is 5.32 Å². The van der Waals surface area contributed by atoms with Gasteiger partial charge in [0.05, 0.1) is 24.1 Å². The molecule has 0 saturated heterocycles. The van der Waals surface area contributed by atoms with E-state index in [2.05, 4.69) is 33.3 Å². The first-order valence-electron chi connectivity index (χ1n) is 7.93. The summed E-state index contributed by atoms with van der Waals surface area (Å²) in [5, 5.41) is 15.9. The van der Waals surface area contributed by atoms with Gasteiger partial charge >= 0.3 is 0 Å². The fourth-order valence-corrected chi connectivity index (χ4v) is 2.95. The first kappa shape index (κ1) is 17.9. The molecule has 0 amide bonds. The van der Waals surface area contributed by atoms with Gasteiger partial charge in [0.2, 0.25) is 0 Å². The smallest absolute Gasteiger partial charge is 0.269 e. The zero-order chi connectivity index (χ0) is 18.7. The van der Waals surface area contributed by atoms with Crippen molar-refractivity contribution in [3.05, 3.63) is 47.4 Å². The third kappa shape index (κ3) is 3.83. The molecule has 1 aromatic heterocycles. The van der Waals surface area contributed by atoms with E-state index in [4.69, 9.17) is 4.42 Å². The van der Waals surface area contributed by atoms with Crippen molar-refractivity contribution < 1.29 is 18.5 Å². The van der Waals surface area contributed by atoms with Crippen LogP contribution in [0, 0.1) is 0 Å². The number of amidine groups is 2. The SMILES string of the molecule is CC(C)c1coc(CNC2=NS(=O)N=C2Nc2cccc(C=O)c2O)c1. The number of benzene rings is 1. The quantitative estimate of drug-likeness (QED) is 0.547. The molecule has 0 bridgehead atoms. The van der Waals surface area contributed by atoms with Crippen LogP contribution in [0.3, 0.4) is 0 Å². The highest BCUT2D eigenvalue weighted by Crippen LogP contribution is 2.26. The van der Waals surface area contributed by atoms with Gasteiger partial charge in [0.15, 0.2) is 18.0 Å². The van der Waals surface area contributed by atoms with E-state index in [9.17, 15) is 14.1 Å². The maximum Gasteiger partial charge on any atom is 0.269 e. The van der Waals surface area contributed by atoms with Gasteiger partial charge in [0, 0.05) is 0 Å². The maximum absolute atomic E-state index is 11.7. The monoisotopic (exact) mass is 374 g/mol. The predicted molar refractivity (Wildman–Crippen MR) is 99.8 cm³/mol. The van der Waals surface area contributed by atoms with E-state index in [-0.39, 0.29) is 28.7 Å². The number of aldehydes is 1. The molecule has 1 atom stereocenters. The molecule has 9 heteroatoms. The molecule has 2 heterocycles. The molecular weight excluding hydrogens is 356 g/mol. The summed E-state index contributed by atoms with van der Waals surface area (Å²) >= 11 is -1.76. The number of hydrogen-bond donors (Lipinski definition) is 3. The van der Waals surface area contributed by atoms with Crippen molar-refractivity contribution in [2.24, 2.45) is 8.80 Å². The number of para-hydroxylation sites is 1. The van der Waals surface area contributed by atoms with Crippen molar-refractivity contribution in [3.63, 3.8) is 0 Å². The molecule has 3 N–H and O–H groups in total. The normalized spacial score (nSPS) is 16.3. The van der Waals surface area contributed by atoms with E-state index in [1.165, 1.54) is 6.07 Å². The van der Waals surface area contributed by atoms with Crippen molar-refractivity contribution in [2.45, 2.75) is 26.3 Å². The van der Waals surface area contributed by atoms with Crippen molar-refractivity contribution in [3.8, 4) is 5.75 Å². The summed E-state index contributed by atoms with van der Waals surface area (Å²) in [5.41, 5.74) is 1.49. The molecule has 0 saturated carbocycles. The topological polar surface area (TPSA) is 116 Å². The van der Waals surface area contributed by atoms with Crippen LogP contribution in [0.5, 0.6) is 5.75 Å². The van der Waals surface area contributed by atoms with Crippen LogP contribution in [-0.4, -0.2) is 27.3 Å². The Bertz CT molecular complexity index is 917. The molecule has 1 aliphatic rings. The average molecular weight is 374 g/mol. The Hall–Kier alpha value is -2.94. The second-order valence-corrected chi connectivity index (χ2v) is 6.78. The third-order valence-corrected chi connectivity index (χ3v) is 4.46. The zero-order valence-electron chi connectivity index (χ0n) is 14.2. The largest absolute Gasteiger partial charge is 0.505 e. The molecule has 136 valence electrons. The Kier molecular flexibility index (Phi) is 5.17. The summed E-state index contributed by atoms with van der Waals surface area (Å²) < 4.78 is 25.0. The van der Waals surface area contributed by atoms with Gasteiger partial charge in [-0.1, -0.05) is 19.9 Å². The van der Waals surface area contributed by atoms with Crippen LogP contribution >= 0.6 is 0 Å². The number of furan rings is 1. The highest BCUT2D eigenvalue weighted by Gasteiger charge is 2.21. The molecule has 1 unspecified atom stereocenters. The van der Waals surface area contributed by atoms with Crippen molar-refractivity contribution in [1.29, 1.82) is 0 Å². The lowest BCUT2D eigenvalue weighted by molar-refractivity contribution is 0.112. The standard InChI is InChI=1S/C17H18N4O4S/c1-10(2)12-6-13(25-9-12)7-18-16-17(21-26(24)20-16)19-14-5-3-4-11(8-22)15(14)23/h3-6,8-10,23H,7H2,1-2H3,(H,18,20)(H,19,21). The number of carbonyl (C=O) groups excluding carboxylic acids is 1. The fourth-order valence-electron chi connectivity index (χ4n) is 2.31. The molecule has 0 aliphatic carbocycles. The fraction of sp³-hybridized carbons (Fsp3) is 0.235. The Morgan fingerprint density at radius 2 is 2.08 bits per heavy atom. The molecule has 2 aromatic rings. The summed E-state index contributed by atoms with van der Waals surface area (Å²) in [4.78, 5) is 10.9. The van der Waals surface area contributed by atoms with Crippen LogP contribution in [0.15, 0.2) is 43.7 Å². The zero-order valence-corrected chi connectivity index (χ0v) is 15.0. The number of nitrogens with zero attached hydrogens (tertiary/aromatic N) is 2. The molecule has 1 aliphatic heterocycles. The lowest BCUT2D eigenvalue weighted by Crippen LogP contribution is -2.33. The van der Waals surface area contributed by atoms with Gasteiger partial charge in [0.1, 0.15) is 11.5 Å². The van der Waals surface area contributed by atoms with Gasteiger partial charge in [-0.05, 0) is 29.7 Å². The van der Waals surface area contributed by atoms with E-state index < -0.39 is 11.2 Å². The highest BCUT2D eigenvalue weighted by molar-refractivity contribution is 7.83. The molecule has 8 nitrogen and oxygen atoms in total. The Morgan fingerprint density at radius 1 is 1.31 bits per heavy atom. The highest BCUT2D eigenvalue weighted by atomic mass is 32.2. The summed E-state index contributed by atoms with van der Waals surface area (Å²) in [5.74, 6) is 1.34. The summed E-state index contributed by atoms with van der Waals surface area (Å²) in [6.45, 7) is 4.48. The predicted octanol–water partition coefficient (Wildman–Crippen LogP) is 2.51. The van der Waals surface area contributed by atoms with E-state index >= 15 is 0 Å². The van der Waals surface area contributed by atoms with Crippen LogP contribution in [0.4, 0.5) is 5.69 Å². The second-order valence-electron chi connectivity index (χ2n) is 5.95. The van der Waals surface area contributed by atoms with Crippen LogP contribution in [0.2, 0.25) is 0 Å². The number of anilines is 1. The van der Waals surface area contributed by atoms with Crippen LogP contribution < -0.4 is 10.6 Å². The first-order chi connectivity index (χ1) is 12.5. The molecule has 3 rings (SSSR count). The Balaban J connectivity index is 1.72. The van der Waals surface area contributed by atoms with E-state index in [0.717, 1.165) is 5.56 Å². The van der Waals surface area contributed by atoms with Crippen LogP contribution in [0.1, 0.15) is 41.4 Å². The van der Waals surface area contributed by atoms with Gasteiger partial charge in [0.25, 0.3) is 11.2 Å². The number of phenolic OH excluding ortho intramolecular Hbond substituents is 1. The minimum Gasteiger partial charge on any atom is -0.505 e. The summed E-state index contributed by atoms with van der Waals surface area (Å²) in [6, 6.07) is 6.61. The summed E-state index contributed by atoms with van der Waals surface area (Å²) in [7, 11) is 0. The Labute approximate surface area is 152 Å². The number of nitrogens with one attached hydrogen (secondary N) is 2. The maximum atomic E-state index is 11.7. The van der Waals surface area contributed by atoms with Gasteiger partial charge in [-0.15, -0.1) is 8.80 Å². The second kappa shape index (κ2) is 7.52. The van der Waals surface area contributed by atoms with Gasteiger partial charge in [-0.2, -0.15) is 0 Å². The van der Waals surface area contributed by atoms with E-state index in [1.807, 2.05) is 6.07 Å². The minimum atomic E-state index is -1.76. The molecule has 0 fully saturated rings. The van der Waals surface area contributed by atoms with E-state index in [1.54, 1.807) is 18.4 Å². The number of carbonyl (C=O) groups is 1. The van der Waals surface area contributed by atoms with Crippen molar-refractivity contribution >= 4 is 34.8 Å². The molecule has 0 radical (unpaired) electrons. The minimum absolute atomic E-state index is 0.137. The molecule has 0 spiro atoms. The average Bonchev–Trinajstić information content (AvgIpc) is 3.21. The lowest BCUT2D eigenvalue weighted by Gasteiger charge is -2.11. The molecule has 26 heavy (non-hydrogen) atoms.